The van der Waals surface area contributed by atoms with Crippen LogP contribution >= 0.6 is 0 Å². The number of hydrogen-bond donors (Lipinski definition) is 0. The van der Waals surface area contributed by atoms with Crippen molar-refractivity contribution in [2.24, 2.45) is 0 Å². The lowest BCUT2D eigenvalue weighted by atomic mass is 10.1. The van der Waals surface area contributed by atoms with Crippen molar-refractivity contribution in [1.29, 1.82) is 0 Å². The van der Waals surface area contributed by atoms with Crippen LogP contribution in [-0.2, 0) is 22.7 Å². The third-order valence-corrected chi connectivity index (χ3v) is 4.48. The number of ether oxygens (including phenoxy) is 2. The van der Waals surface area contributed by atoms with E-state index < -0.39 is 0 Å². The molecule has 3 aromatic rings. The van der Waals surface area contributed by atoms with E-state index in [0.717, 1.165) is 11.1 Å². The summed E-state index contributed by atoms with van der Waals surface area (Å²) >= 11 is 0. The van der Waals surface area contributed by atoms with Crippen molar-refractivity contribution in [3.8, 4) is 5.75 Å². The summed E-state index contributed by atoms with van der Waals surface area (Å²) in [4.78, 5) is 34.9. The Hall–Kier alpha value is -3.74. The van der Waals surface area contributed by atoms with Crippen LogP contribution in [0.3, 0.4) is 0 Å². The maximum Gasteiger partial charge on any atom is 0.307 e. The number of pyridine rings is 2. The summed E-state index contributed by atoms with van der Waals surface area (Å²) in [5.41, 5.74) is 2.30. The van der Waals surface area contributed by atoms with Gasteiger partial charge in [0.25, 0.3) is 5.91 Å². The molecule has 7 heteroatoms. The van der Waals surface area contributed by atoms with Crippen molar-refractivity contribution in [3.63, 3.8) is 0 Å². The first-order chi connectivity index (χ1) is 15.2. The third kappa shape index (κ3) is 6.92. The predicted molar refractivity (Wildman–Crippen MR) is 115 cm³/mol. The second-order valence-corrected chi connectivity index (χ2v) is 6.82. The summed E-state index contributed by atoms with van der Waals surface area (Å²) in [7, 11) is 0. The number of nitrogens with zero attached hydrogens (tertiary/aromatic N) is 3. The Bertz CT molecular complexity index is 980. The number of esters is 1. The summed E-state index contributed by atoms with van der Waals surface area (Å²) in [5.74, 6) is 0.0569. The van der Waals surface area contributed by atoms with E-state index >= 15 is 0 Å². The Kier molecular flexibility index (Phi) is 8.11. The number of hydrogen-bond acceptors (Lipinski definition) is 6. The monoisotopic (exact) mass is 419 g/mol. The van der Waals surface area contributed by atoms with Crippen LogP contribution in [-0.4, -0.2) is 39.9 Å². The van der Waals surface area contributed by atoms with Crippen molar-refractivity contribution in [2.45, 2.75) is 26.5 Å². The Balaban J connectivity index is 1.72. The average molecular weight is 419 g/mol. The lowest BCUT2D eigenvalue weighted by Gasteiger charge is -2.23. The Labute approximate surface area is 181 Å². The minimum Gasteiger partial charge on any atom is -0.489 e. The van der Waals surface area contributed by atoms with E-state index in [0.29, 0.717) is 31.1 Å². The van der Waals surface area contributed by atoms with E-state index in [2.05, 4.69) is 9.97 Å². The maximum atomic E-state index is 13.2. The van der Waals surface area contributed by atoms with Crippen LogP contribution in [0.4, 0.5) is 0 Å². The minimum absolute atomic E-state index is 0.122. The largest absolute Gasteiger partial charge is 0.489 e. The molecular formula is C24H25N3O4. The van der Waals surface area contributed by atoms with Crippen molar-refractivity contribution >= 4 is 11.9 Å². The van der Waals surface area contributed by atoms with Gasteiger partial charge in [-0.15, -0.1) is 0 Å². The normalized spacial score (nSPS) is 10.4. The molecule has 0 fully saturated rings. The van der Waals surface area contributed by atoms with Crippen LogP contribution in [0.5, 0.6) is 5.75 Å². The SMILES string of the molecule is CCOC(=O)CCN(Cc1cccnc1)C(=O)c1cccc(OCc2cccnc2)c1. The zero-order valence-corrected chi connectivity index (χ0v) is 17.4. The van der Waals surface area contributed by atoms with Crippen LogP contribution in [0.15, 0.2) is 73.3 Å². The Morgan fingerprint density at radius 2 is 1.71 bits per heavy atom. The van der Waals surface area contributed by atoms with Gasteiger partial charge in [-0.25, -0.2) is 0 Å². The van der Waals surface area contributed by atoms with Gasteiger partial charge in [0.1, 0.15) is 12.4 Å². The average Bonchev–Trinajstić information content (AvgIpc) is 2.81. The molecule has 0 aliphatic carbocycles. The first kappa shape index (κ1) is 22.0. The van der Waals surface area contributed by atoms with Gasteiger partial charge in [0.05, 0.1) is 13.0 Å². The summed E-state index contributed by atoms with van der Waals surface area (Å²) < 4.78 is 10.8. The fraction of sp³-hybridized carbons (Fsp3) is 0.250. The standard InChI is InChI=1S/C24H25N3O4/c1-2-30-23(28)10-13-27(17-19-6-4-11-25-15-19)24(29)21-8-3-9-22(14-21)31-18-20-7-5-12-26-16-20/h3-9,11-12,14-16H,2,10,13,17-18H2,1H3. The number of aromatic nitrogens is 2. The molecule has 0 atom stereocenters. The molecule has 0 radical (unpaired) electrons. The highest BCUT2D eigenvalue weighted by Crippen LogP contribution is 2.18. The molecule has 31 heavy (non-hydrogen) atoms. The number of rotatable bonds is 10. The molecule has 0 aliphatic rings. The fourth-order valence-corrected chi connectivity index (χ4v) is 2.98. The lowest BCUT2D eigenvalue weighted by Crippen LogP contribution is -2.33. The van der Waals surface area contributed by atoms with Crippen LogP contribution in [0.25, 0.3) is 0 Å². The van der Waals surface area contributed by atoms with E-state index in [9.17, 15) is 9.59 Å². The molecule has 0 aliphatic heterocycles. The smallest absolute Gasteiger partial charge is 0.307 e. The van der Waals surface area contributed by atoms with Crippen LogP contribution in [0, 0.1) is 0 Å². The van der Waals surface area contributed by atoms with Gasteiger partial charge in [0.2, 0.25) is 0 Å². The fourth-order valence-electron chi connectivity index (χ4n) is 2.98. The quantitative estimate of drug-likeness (QED) is 0.467. The second kappa shape index (κ2) is 11.4. The number of amides is 1. The van der Waals surface area contributed by atoms with Gasteiger partial charge in [-0.1, -0.05) is 18.2 Å². The molecule has 0 saturated carbocycles. The molecule has 3 rings (SSSR count). The lowest BCUT2D eigenvalue weighted by molar-refractivity contribution is -0.143. The minimum atomic E-state index is -0.333. The summed E-state index contributed by atoms with van der Waals surface area (Å²) in [5, 5.41) is 0. The second-order valence-electron chi connectivity index (χ2n) is 6.82. The van der Waals surface area contributed by atoms with Crippen molar-refractivity contribution in [2.75, 3.05) is 13.2 Å². The number of carbonyl (C=O) groups is 2. The molecule has 0 N–H and O–H groups in total. The van der Waals surface area contributed by atoms with E-state index in [1.807, 2.05) is 24.3 Å². The van der Waals surface area contributed by atoms with Gasteiger partial charge in [-0.05, 0) is 42.8 Å². The van der Waals surface area contributed by atoms with Gasteiger partial charge in [0.15, 0.2) is 0 Å². The zero-order valence-electron chi connectivity index (χ0n) is 17.4. The van der Waals surface area contributed by atoms with E-state index in [4.69, 9.17) is 9.47 Å². The Morgan fingerprint density at radius 3 is 2.39 bits per heavy atom. The molecule has 2 heterocycles. The molecule has 0 bridgehead atoms. The topological polar surface area (TPSA) is 81.6 Å². The molecule has 7 nitrogen and oxygen atoms in total. The van der Waals surface area contributed by atoms with Gasteiger partial charge in [-0.2, -0.15) is 0 Å². The van der Waals surface area contributed by atoms with Crippen LogP contribution in [0.1, 0.15) is 34.8 Å². The molecule has 0 unspecified atom stereocenters. The summed E-state index contributed by atoms with van der Waals surface area (Å²) in [6.45, 7) is 3.01. The van der Waals surface area contributed by atoms with E-state index in [1.54, 1.807) is 60.9 Å². The van der Waals surface area contributed by atoms with E-state index in [-0.39, 0.29) is 24.8 Å². The van der Waals surface area contributed by atoms with Gasteiger partial charge < -0.3 is 14.4 Å². The maximum absolute atomic E-state index is 13.2. The molecule has 0 spiro atoms. The first-order valence-electron chi connectivity index (χ1n) is 10.1. The number of carbonyl (C=O) groups excluding carboxylic acids is 2. The summed E-state index contributed by atoms with van der Waals surface area (Å²) in [6, 6.07) is 14.5. The molecule has 1 amide bonds. The molecular weight excluding hydrogens is 394 g/mol. The van der Waals surface area contributed by atoms with Crippen molar-refractivity contribution < 1.29 is 19.1 Å². The molecule has 2 aromatic heterocycles. The van der Waals surface area contributed by atoms with Gasteiger partial charge >= 0.3 is 5.97 Å². The Morgan fingerprint density at radius 1 is 0.968 bits per heavy atom. The predicted octanol–water partition coefficient (Wildman–Crippen LogP) is 3.65. The summed E-state index contributed by atoms with van der Waals surface area (Å²) in [6.07, 6.45) is 6.95. The van der Waals surface area contributed by atoms with E-state index in [1.165, 1.54) is 0 Å². The van der Waals surface area contributed by atoms with Gasteiger partial charge in [0, 0.05) is 49.0 Å². The van der Waals surface area contributed by atoms with Crippen LogP contribution < -0.4 is 4.74 Å². The molecule has 0 saturated heterocycles. The molecule has 160 valence electrons. The van der Waals surface area contributed by atoms with Crippen LogP contribution in [0.2, 0.25) is 0 Å². The highest BCUT2D eigenvalue weighted by Gasteiger charge is 2.18. The third-order valence-electron chi connectivity index (χ3n) is 4.48. The number of benzene rings is 1. The molecule has 1 aromatic carbocycles. The van der Waals surface area contributed by atoms with Crippen molar-refractivity contribution in [1.82, 2.24) is 14.9 Å². The zero-order chi connectivity index (χ0) is 21.9. The first-order valence-corrected chi connectivity index (χ1v) is 10.1. The highest BCUT2D eigenvalue weighted by molar-refractivity contribution is 5.94. The highest BCUT2D eigenvalue weighted by atomic mass is 16.5. The van der Waals surface area contributed by atoms with Gasteiger partial charge in [-0.3, -0.25) is 19.6 Å². The van der Waals surface area contributed by atoms with Crippen molar-refractivity contribution in [3.05, 3.63) is 90.0 Å².